The average Bonchev–Trinajstić information content (AvgIpc) is 3.16. The van der Waals surface area contributed by atoms with Crippen LogP contribution in [0.25, 0.3) is 17.2 Å². The molecule has 0 unspecified atom stereocenters. The molecule has 0 aliphatic carbocycles. The Morgan fingerprint density at radius 3 is 2.32 bits per heavy atom. The second-order valence-electron chi connectivity index (χ2n) is 8.21. The Kier molecular flexibility index (Phi) is 7.23. The SMILES string of the molecule is CCC=Cc1cn(CCc2ccccc2)c(=O)n1Cc1ccc(-c2ccccc2C(=O)O)cc1. The van der Waals surface area contributed by atoms with Gasteiger partial charge in [-0.15, -0.1) is 0 Å². The summed E-state index contributed by atoms with van der Waals surface area (Å²) in [6.45, 7) is 3.13. The van der Waals surface area contributed by atoms with E-state index in [2.05, 4.69) is 25.1 Å². The fourth-order valence-corrected chi connectivity index (χ4v) is 4.03. The number of benzene rings is 3. The molecular weight excluding hydrogens is 424 g/mol. The van der Waals surface area contributed by atoms with Crippen molar-refractivity contribution in [2.24, 2.45) is 0 Å². The molecule has 172 valence electrons. The lowest BCUT2D eigenvalue weighted by Crippen LogP contribution is -2.25. The molecular formula is C29H28N2O3. The number of rotatable bonds is 9. The molecule has 4 aromatic rings. The highest BCUT2D eigenvalue weighted by molar-refractivity contribution is 5.95. The van der Waals surface area contributed by atoms with Crippen molar-refractivity contribution in [3.63, 3.8) is 0 Å². The predicted molar refractivity (Wildman–Crippen MR) is 136 cm³/mol. The van der Waals surface area contributed by atoms with Crippen LogP contribution < -0.4 is 5.69 Å². The van der Waals surface area contributed by atoms with Gasteiger partial charge in [-0.05, 0) is 47.2 Å². The van der Waals surface area contributed by atoms with Crippen LogP contribution >= 0.6 is 0 Å². The first-order valence-corrected chi connectivity index (χ1v) is 11.5. The molecule has 0 atom stereocenters. The maximum atomic E-state index is 13.2. The molecule has 0 spiro atoms. The first kappa shape index (κ1) is 23.1. The monoisotopic (exact) mass is 452 g/mol. The molecule has 1 N–H and O–H groups in total. The van der Waals surface area contributed by atoms with E-state index in [4.69, 9.17) is 0 Å². The van der Waals surface area contributed by atoms with Gasteiger partial charge in [0.1, 0.15) is 0 Å². The number of allylic oxidation sites excluding steroid dienone is 1. The van der Waals surface area contributed by atoms with E-state index in [1.54, 1.807) is 21.3 Å². The van der Waals surface area contributed by atoms with E-state index in [1.165, 1.54) is 5.56 Å². The van der Waals surface area contributed by atoms with E-state index in [9.17, 15) is 14.7 Å². The van der Waals surface area contributed by atoms with E-state index < -0.39 is 5.97 Å². The first-order valence-electron chi connectivity index (χ1n) is 11.5. The Labute approximate surface area is 199 Å². The second-order valence-corrected chi connectivity index (χ2v) is 8.21. The average molecular weight is 453 g/mol. The van der Waals surface area contributed by atoms with Gasteiger partial charge in [0.15, 0.2) is 0 Å². The number of nitrogens with zero attached hydrogens (tertiary/aromatic N) is 2. The molecule has 0 bridgehead atoms. The third kappa shape index (κ3) is 5.26. The van der Waals surface area contributed by atoms with Crippen LogP contribution in [0.1, 0.15) is 40.5 Å². The topological polar surface area (TPSA) is 64.2 Å². The molecule has 34 heavy (non-hydrogen) atoms. The van der Waals surface area contributed by atoms with Crippen LogP contribution in [0.3, 0.4) is 0 Å². The van der Waals surface area contributed by atoms with Crippen LogP contribution in [0.2, 0.25) is 0 Å². The standard InChI is InChI=1S/C29H28N2O3/c1-2-3-11-25-21-30(19-18-22-9-5-4-6-10-22)29(34)31(25)20-23-14-16-24(17-15-23)26-12-7-8-13-27(26)28(32)33/h3-17,21H,2,18-20H2,1H3,(H,32,33). The number of aromatic nitrogens is 2. The number of aromatic carboxylic acids is 1. The normalized spacial score (nSPS) is 11.2. The van der Waals surface area contributed by atoms with E-state index in [0.717, 1.165) is 29.7 Å². The smallest absolute Gasteiger partial charge is 0.336 e. The van der Waals surface area contributed by atoms with Gasteiger partial charge in [-0.3, -0.25) is 9.13 Å². The lowest BCUT2D eigenvalue weighted by atomic mass is 9.99. The molecule has 5 heteroatoms. The summed E-state index contributed by atoms with van der Waals surface area (Å²) in [6.07, 6.45) is 7.66. The quantitative estimate of drug-likeness (QED) is 0.353. The largest absolute Gasteiger partial charge is 0.478 e. The number of carbonyl (C=O) groups is 1. The summed E-state index contributed by atoms with van der Waals surface area (Å²) < 4.78 is 3.57. The zero-order valence-electron chi connectivity index (χ0n) is 19.2. The number of hydrogen-bond acceptors (Lipinski definition) is 2. The molecule has 0 aliphatic rings. The Bertz CT molecular complexity index is 1350. The van der Waals surface area contributed by atoms with Crippen molar-refractivity contribution in [1.82, 2.24) is 9.13 Å². The van der Waals surface area contributed by atoms with Crippen LogP contribution in [0.5, 0.6) is 0 Å². The molecule has 0 amide bonds. The highest BCUT2D eigenvalue weighted by Gasteiger charge is 2.13. The molecule has 3 aromatic carbocycles. The number of imidazole rings is 1. The fourth-order valence-electron chi connectivity index (χ4n) is 4.03. The second kappa shape index (κ2) is 10.7. The minimum Gasteiger partial charge on any atom is -0.478 e. The molecule has 0 saturated carbocycles. The minimum absolute atomic E-state index is 0.0352. The molecule has 0 radical (unpaired) electrons. The zero-order valence-corrected chi connectivity index (χ0v) is 19.2. The number of carboxylic acids is 1. The maximum absolute atomic E-state index is 13.2. The lowest BCUT2D eigenvalue weighted by molar-refractivity contribution is 0.0697. The summed E-state index contributed by atoms with van der Waals surface area (Å²) in [5.41, 5.74) is 4.80. The van der Waals surface area contributed by atoms with Crippen LogP contribution in [0.15, 0.2) is 95.9 Å². The summed E-state index contributed by atoms with van der Waals surface area (Å²) in [5.74, 6) is -0.949. The predicted octanol–water partition coefficient (Wildman–Crippen LogP) is 5.73. The third-order valence-corrected chi connectivity index (χ3v) is 5.85. The van der Waals surface area contributed by atoms with E-state index in [0.29, 0.717) is 18.7 Å². The Hall–Kier alpha value is -4.12. The Morgan fingerprint density at radius 1 is 0.912 bits per heavy atom. The van der Waals surface area contributed by atoms with Gasteiger partial charge in [0.25, 0.3) is 0 Å². The van der Waals surface area contributed by atoms with Crippen molar-refractivity contribution in [2.75, 3.05) is 0 Å². The van der Waals surface area contributed by atoms with E-state index in [-0.39, 0.29) is 11.3 Å². The fraction of sp³-hybridized carbons (Fsp3) is 0.172. The maximum Gasteiger partial charge on any atom is 0.336 e. The molecule has 5 nitrogen and oxygen atoms in total. The molecule has 0 fully saturated rings. The highest BCUT2D eigenvalue weighted by atomic mass is 16.4. The Balaban J connectivity index is 1.59. The number of carboxylic acid groups (broad SMARTS) is 1. The highest BCUT2D eigenvalue weighted by Crippen LogP contribution is 2.24. The summed E-state index contributed by atoms with van der Waals surface area (Å²) in [6, 6.07) is 24.9. The summed E-state index contributed by atoms with van der Waals surface area (Å²) >= 11 is 0. The Morgan fingerprint density at radius 2 is 1.62 bits per heavy atom. The van der Waals surface area contributed by atoms with Crippen molar-refractivity contribution in [3.05, 3.63) is 124 Å². The van der Waals surface area contributed by atoms with Gasteiger partial charge in [0.05, 0.1) is 17.8 Å². The van der Waals surface area contributed by atoms with Gasteiger partial charge in [-0.25, -0.2) is 9.59 Å². The third-order valence-electron chi connectivity index (χ3n) is 5.85. The van der Waals surface area contributed by atoms with Crippen molar-refractivity contribution in [1.29, 1.82) is 0 Å². The molecule has 1 aromatic heterocycles. The number of hydrogen-bond donors (Lipinski definition) is 1. The van der Waals surface area contributed by atoms with Gasteiger partial charge < -0.3 is 5.11 Å². The molecule has 1 heterocycles. The molecule has 0 aliphatic heterocycles. The van der Waals surface area contributed by atoms with Crippen molar-refractivity contribution in [3.8, 4) is 11.1 Å². The zero-order chi connectivity index (χ0) is 23.9. The van der Waals surface area contributed by atoms with Gasteiger partial charge >= 0.3 is 11.7 Å². The van der Waals surface area contributed by atoms with Crippen LogP contribution in [0, 0.1) is 0 Å². The molecule has 4 rings (SSSR count). The summed E-state index contributed by atoms with van der Waals surface area (Å²) in [4.78, 5) is 24.8. The minimum atomic E-state index is -0.949. The van der Waals surface area contributed by atoms with E-state index >= 15 is 0 Å². The van der Waals surface area contributed by atoms with Crippen LogP contribution in [-0.4, -0.2) is 20.2 Å². The van der Waals surface area contributed by atoms with Crippen molar-refractivity contribution in [2.45, 2.75) is 32.9 Å². The lowest BCUT2D eigenvalue weighted by Gasteiger charge is -2.09. The van der Waals surface area contributed by atoms with Gasteiger partial charge in [0.2, 0.25) is 0 Å². The van der Waals surface area contributed by atoms with Crippen LogP contribution in [-0.2, 0) is 19.5 Å². The van der Waals surface area contributed by atoms with Crippen LogP contribution in [0.4, 0.5) is 0 Å². The van der Waals surface area contributed by atoms with E-state index in [1.807, 2.05) is 66.9 Å². The summed E-state index contributed by atoms with van der Waals surface area (Å²) in [5, 5.41) is 9.48. The first-order chi connectivity index (χ1) is 16.6. The van der Waals surface area contributed by atoms with Crippen molar-refractivity contribution < 1.29 is 9.90 Å². The van der Waals surface area contributed by atoms with Crippen molar-refractivity contribution >= 4 is 12.0 Å². The van der Waals surface area contributed by atoms with Gasteiger partial charge in [-0.1, -0.05) is 85.8 Å². The number of aryl methyl sites for hydroxylation is 2. The summed E-state index contributed by atoms with van der Waals surface area (Å²) in [7, 11) is 0. The van der Waals surface area contributed by atoms with Gasteiger partial charge in [-0.2, -0.15) is 0 Å². The molecule has 0 saturated heterocycles. The van der Waals surface area contributed by atoms with Gasteiger partial charge in [0, 0.05) is 12.7 Å².